The fraction of sp³-hybridized carbons (Fsp3) is 0.421. The van der Waals surface area contributed by atoms with Crippen LogP contribution in [0.4, 0.5) is 11.6 Å². The van der Waals surface area contributed by atoms with Crippen molar-refractivity contribution in [3.05, 3.63) is 48.3 Å². The van der Waals surface area contributed by atoms with Crippen molar-refractivity contribution in [1.29, 1.82) is 0 Å². The van der Waals surface area contributed by atoms with Gasteiger partial charge in [0.05, 0.1) is 0 Å². The van der Waals surface area contributed by atoms with E-state index in [2.05, 4.69) is 37.2 Å². The summed E-state index contributed by atoms with van der Waals surface area (Å²) in [6, 6.07) is 10.1. The van der Waals surface area contributed by atoms with E-state index in [0.717, 1.165) is 43.1 Å². The lowest BCUT2D eigenvalue weighted by atomic mass is 9.96. The van der Waals surface area contributed by atoms with Gasteiger partial charge in [-0.25, -0.2) is 9.97 Å². The molecule has 1 aliphatic rings. The number of nitrogens with one attached hydrogen (secondary N) is 1. The van der Waals surface area contributed by atoms with Gasteiger partial charge < -0.3 is 15.1 Å². The van der Waals surface area contributed by atoms with Crippen molar-refractivity contribution in [1.82, 2.24) is 15.3 Å². The second kappa shape index (κ2) is 7.96. The van der Waals surface area contributed by atoms with Crippen LogP contribution in [0.3, 0.4) is 0 Å². The second-order valence-electron chi connectivity index (χ2n) is 6.59. The Balaban J connectivity index is 1.49. The molecular formula is C19H25N5O. The summed E-state index contributed by atoms with van der Waals surface area (Å²) in [6.07, 6.45) is 5.18. The van der Waals surface area contributed by atoms with Crippen molar-refractivity contribution in [2.45, 2.75) is 19.4 Å². The van der Waals surface area contributed by atoms with Crippen LogP contribution in [-0.2, 0) is 11.3 Å². The van der Waals surface area contributed by atoms with E-state index < -0.39 is 0 Å². The van der Waals surface area contributed by atoms with Crippen LogP contribution >= 0.6 is 0 Å². The zero-order valence-electron chi connectivity index (χ0n) is 14.9. The smallest absolute Gasteiger partial charge is 0.225 e. The third kappa shape index (κ3) is 4.47. The second-order valence-corrected chi connectivity index (χ2v) is 6.59. The maximum absolute atomic E-state index is 12.5. The highest BCUT2D eigenvalue weighted by molar-refractivity contribution is 5.79. The van der Waals surface area contributed by atoms with Gasteiger partial charge in [0.2, 0.25) is 11.9 Å². The highest BCUT2D eigenvalue weighted by Gasteiger charge is 2.25. The van der Waals surface area contributed by atoms with Crippen LogP contribution in [-0.4, -0.2) is 43.1 Å². The van der Waals surface area contributed by atoms with Crippen molar-refractivity contribution in [2.24, 2.45) is 5.92 Å². The normalized spacial score (nSPS) is 15.0. The van der Waals surface area contributed by atoms with E-state index in [1.54, 1.807) is 12.4 Å². The summed E-state index contributed by atoms with van der Waals surface area (Å²) in [5.41, 5.74) is 2.26. The fourth-order valence-electron chi connectivity index (χ4n) is 3.07. The molecule has 2 heterocycles. The highest BCUT2D eigenvalue weighted by atomic mass is 16.1. The molecule has 2 aromatic rings. The van der Waals surface area contributed by atoms with Crippen molar-refractivity contribution >= 4 is 17.5 Å². The predicted octanol–water partition coefficient (Wildman–Crippen LogP) is 2.08. The molecule has 6 nitrogen and oxygen atoms in total. The van der Waals surface area contributed by atoms with Gasteiger partial charge in [0.15, 0.2) is 0 Å². The molecule has 0 saturated carbocycles. The summed E-state index contributed by atoms with van der Waals surface area (Å²) in [6.45, 7) is 2.21. The maximum Gasteiger partial charge on any atom is 0.225 e. The largest absolute Gasteiger partial charge is 0.378 e. The van der Waals surface area contributed by atoms with Gasteiger partial charge in [-0.3, -0.25) is 4.79 Å². The Bertz CT molecular complexity index is 696. The summed E-state index contributed by atoms with van der Waals surface area (Å²) >= 11 is 0. The van der Waals surface area contributed by atoms with Crippen LogP contribution in [0.1, 0.15) is 18.4 Å². The number of rotatable bonds is 5. The van der Waals surface area contributed by atoms with E-state index in [-0.39, 0.29) is 11.8 Å². The van der Waals surface area contributed by atoms with Gasteiger partial charge in [0.1, 0.15) is 0 Å². The number of hydrogen-bond donors (Lipinski definition) is 1. The molecule has 0 atom stereocenters. The Morgan fingerprint density at radius 1 is 1.20 bits per heavy atom. The van der Waals surface area contributed by atoms with E-state index in [1.807, 2.05) is 32.3 Å². The summed E-state index contributed by atoms with van der Waals surface area (Å²) in [5.74, 6) is 0.961. The van der Waals surface area contributed by atoms with Crippen molar-refractivity contribution < 1.29 is 4.79 Å². The first-order chi connectivity index (χ1) is 12.1. The summed E-state index contributed by atoms with van der Waals surface area (Å²) in [7, 11) is 4.03. The van der Waals surface area contributed by atoms with Gasteiger partial charge in [-0.1, -0.05) is 12.1 Å². The standard InChI is InChI=1S/C19H25N5O/c1-23(2)17-6-3-5-15(13-17)14-22-18(25)16-7-11-24(12-8-16)19-20-9-4-10-21-19/h3-6,9-10,13,16H,7-8,11-12,14H2,1-2H3,(H,22,25). The SMILES string of the molecule is CN(C)c1cccc(CNC(=O)C2CCN(c3ncccn3)CC2)c1. The van der Waals surface area contributed by atoms with Crippen molar-refractivity contribution in [3.8, 4) is 0 Å². The van der Waals surface area contributed by atoms with E-state index in [1.165, 1.54) is 0 Å². The first-order valence-corrected chi connectivity index (χ1v) is 8.69. The quantitative estimate of drug-likeness (QED) is 0.904. The minimum absolute atomic E-state index is 0.0667. The molecule has 0 radical (unpaired) electrons. The number of hydrogen-bond acceptors (Lipinski definition) is 5. The number of piperidine rings is 1. The highest BCUT2D eigenvalue weighted by Crippen LogP contribution is 2.20. The molecule has 0 aliphatic carbocycles. The maximum atomic E-state index is 12.5. The van der Waals surface area contributed by atoms with Crippen LogP contribution in [0.5, 0.6) is 0 Å². The van der Waals surface area contributed by atoms with Gasteiger partial charge in [0.25, 0.3) is 0 Å². The molecule has 132 valence electrons. The Labute approximate surface area is 148 Å². The van der Waals surface area contributed by atoms with E-state index >= 15 is 0 Å². The molecule has 1 saturated heterocycles. The minimum atomic E-state index is 0.0667. The molecule has 1 fully saturated rings. The van der Waals surface area contributed by atoms with Crippen LogP contribution in [0, 0.1) is 5.92 Å². The van der Waals surface area contributed by atoms with Gasteiger partial charge in [-0.2, -0.15) is 0 Å². The number of amides is 1. The molecule has 25 heavy (non-hydrogen) atoms. The van der Waals surface area contributed by atoms with Gasteiger partial charge in [-0.15, -0.1) is 0 Å². The molecule has 1 aromatic carbocycles. The molecule has 0 unspecified atom stereocenters. The van der Waals surface area contributed by atoms with Crippen LogP contribution in [0.15, 0.2) is 42.7 Å². The average molecular weight is 339 g/mol. The lowest BCUT2D eigenvalue weighted by molar-refractivity contribution is -0.125. The Morgan fingerprint density at radius 3 is 2.60 bits per heavy atom. The zero-order chi connectivity index (χ0) is 17.6. The molecule has 1 aromatic heterocycles. The number of nitrogens with zero attached hydrogens (tertiary/aromatic N) is 4. The molecule has 1 N–H and O–H groups in total. The van der Waals surface area contributed by atoms with Gasteiger partial charge in [0, 0.05) is 57.7 Å². The van der Waals surface area contributed by atoms with E-state index in [4.69, 9.17) is 0 Å². The average Bonchev–Trinajstić information content (AvgIpc) is 2.67. The van der Waals surface area contributed by atoms with Gasteiger partial charge >= 0.3 is 0 Å². The first kappa shape index (κ1) is 17.2. The number of carbonyl (C=O) groups excluding carboxylic acids is 1. The molecule has 3 rings (SSSR count). The Hall–Kier alpha value is -2.63. The third-order valence-corrected chi connectivity index (χ3v) is 4.59. The number of aromatic nitrogens is 2. The topological polar surface area (TPSA) is 61.4 Å². The Kier molecular flexibility index (Phi) is 5.48. The van der Waals surface area contributed by atoms with Crippen LogP contribution < -0.4 is 15.1 Å². The molecular weight excluding hydrogens is 314 g/mol. The molecule has 0 bridgehead atoms. The lowest BCUT2D eigenvalue weighted by Crippen LogP contribution is -2.41. The van der Waals surface area contributed by atoms with Crippen LogP contribution in [0.2, 0.25) is 0 Å². The monoisotopic (exact) mass is 339 g/mol. The van der Waals surface area contributed by atoms with Crippen molar-refractivity contribution in [3.63, 3.8) is 0 Å². The number of anilines is 2. The third-order valence-electron chi connectivity index (χ3n) is 4.59. The number of benzene rings is 1. The first-order valence-electron chi connectivity index (χ1n) is 8.69. The zero-order valence-corrected chi connectivity index (χ0v) is 14.9. The summed E-state index contributed by atoms with van der Waals surface area (Å²) in [5, 5.41) is 3.08. The molecule has 1 amide bonds. The minimum Gasteiger partial charge on any atom is -0.378 e. The summed E-state index contributed by atoms with van der Waals surface area (Å²) < 4.78 is 0. The lowest BCUT2D eigenvalue weighted by Gasteiger charge is -2.31. The summed E-state index contributed by atoms with van der Waals surface area (Å²) in [4.78, 5) is 25.2. The van der Waals surface area contributed by atoms with Gasteiger partial charge in [-0.05, 0) is 36.6 Å². The van der Waals surface area contributed by atoms with Crippen LogP contribution in [0.25, 0.3) is 0 Å². The molecule has 6 heteroatoms. The fourth-order valence-corrected chi connectivity index (χ4v) is 3.07. The van der Waals surface area contributed by atoms with E-state index in [9.17, 15) is 4.79 Å². The Morgan fingerprint density at radius 2 is 1.92 bits per heavy atom. The van der Waals surface area contributed by atoms with E-state index in [0.29, 0.717) is 6.54 Å². The van der Waals surface area contributed by atoms with Crippen molar-refractivity contribution in [2.75, 3.05) is 37.0 Å². The molecule has 1 aliphatic heterocycles. The predicted molar refractivity (Wildman–Crippen MR) is 99.6 cm³/mol. The number of carbonyl (C=O) groups is 1. The molecule has 0 spiro atoms.